The Balaban J connectivity index is 2.65. The maximum absolute atomic E-state index is 11.7. The topological polar surface area (TPSA) is 37.3 Å². The molecular formula is C12H14O2. The van der Waals surface area contributed by atoms with Crippen LogP contribution in [-0.2, 0) is 5.41 Å². The number of Topliss-reactive ketones (excluding diaryl/α,β-unsaturated/α-hetero) is 1. The summed E-state index contributed by atoms with van der Waals surface area (Å²) in [5.41, 5.74) is 1.28. The van der Waals surface area contributed by atoms with E-state index in [2.05, 4.69) is 0 Å². The minimum Gasteiger partial charge on any atom is -0.384 e. The van der Waals surface area contributed by atoms with Gasteiger partial charge in [0.25, 0.3) is 0 Å². The Kier molecular flexibility index (Phi) is 1.96. The van der Waals surface area contributed by atoms with Crippen LogP contribution in [0, 0.1) is 0 Å². The number of fused-ring (bicyclic) bond motifs is 1. The molecule has 14 heavy (non-hydrogen) atoms. The third-order valence-corrected chi connectivity index (χ3v) is 3.39. The van der Waals surface area contributed by atoms with Gasteiger partial charge in [0.05, 0.1) is 0 Å². The lowest BCUT2D eigenvalue weighted by Gasteiger charge is -2.26. The summed E-state index contributed by atoms with van der Waals surface area (Å²) in [5.74, 6) is -0.134. The first kappa shape index (κ1) is 9.41. The van der Waals surface area contributed by atoms with Gasteiger partial charge in [0, 0.05) is 11.0 Å². The van der Waals surface area contributed by atoms with Crippen LogP contribution in [0.4, 0.5) is 0 Å². The van der Waals surface area contributed by atoms with E-state index in [1.807, 2.05) is 32.0 Å². The van der Waals surface area contributed by atoms with E-state index in [0.717, 1.165) is 12.0 Å². The molecule has 2 unspecified atom stereocenters. The second-order valence-corrected chi connectivity index (χ2v) is 4.08. The molecule has 0 aromatic heterocycles. The van der Waals surface area contributed by atoms with Crippen LogP contribution in [0.3, 0.4) is 0 Å². The molecule has 1 aromatic carbocycles. The molecule has 0 fully saturated rings. The van der Waals surface area contributed by atoms with Gasteiger partial charge in [0.2, 0.25) is 0 Å². The zero-order valence-corrected chi connectivity index (χ0v) is 8.45. The van der Waals surface area contributed by atoms with Gasteiger partial charge in [-0.05, 0) is 12.0 Å². The molecule has 2 heteroatoms. The SMILES string of the molecule is CCC1(C)c2ccccc2C(=O)C1O. The third kappa shape index (κ3) is 0.976. The number of aliphatic hydroxyl groups excluding tert-OH is 1. The average Bonchev–Trinajstić information content (AvgIpc) is 2.43. The molecule has 1 aromatic rings. The van der Waals surface area contributed by atoms with Gasteiger partial charge < -0.3 is 5.11 Å². The molecule has 0 spiro atoms. The lowest BCUT2D eigenvalue weighted by Crippen LogP contribution is -2.34. The number of benzene rings is 1. The van der Waals surface area contributed by atoms with Crippen LogP contribution in [0.15, 0.2) is 24.3 Å². The summed E-state index contributed by atoms with van der Waals surface area (Å²) in [6.45, 7) is 3.94. The fourth-order valence-corrected chi connectivity index (χ4v) is 2.16. The van der Waals surface area contributed by atoms with E-state index in [1.54, 1.807) is 6.07 Å². The van der Waals surface area contributed by atoms with Gasteiger partial charge in [-0.2, -0.15) is 0 Å². The highest BCUT2D eigenvalue weighted by Crippen LogP contribution is 2.40. The highest BCUT2D eigenvalue weighted by atomic mass is 16.3. The monoisotopic (exact) mass is 190 g/mol. The number of hydrogen-bond acceptors (Lipinski definition) is 2. The number of carbonyl (C=O) groups excluding carboxylic acids is 1. The minimum atomic E-state index is -0.870. The first-order chi connectivity index (χ1) is 6.61. The van der Waals surface area contributed by atoms with Gasteiger partial charge in [-0.15, -0.1) is 0 Å². The summed E-state index contributed by atoms with van der Waals surface area (Å²) in [5, 5.41) is 9.89. The van der Waals surface area contributed by atoms with Crippen LogP contribution in [0.2, 0.25) is 0 Å². The van der Waals surface area contributed by atoms with Crippen molar-refractivity contribution in [1.82, 2.24) is 0 Å². The van der Waals surface area contributed by atoms with Gasteiger partial charge in [-0.3, -0.25) is 4.79 Å². The third-order valence-electron chi connectivity index (χ3n) is 3.39. The van der Waals surface area contributed by atoms with Gasteiger partial charge in [-0.25, -0.2) is 0 Å². The molecule has 1 N–H and O–H groups in total. The van der Waals surface area contributed by atoms with E-state index < -0.39 is 11.5 Å². The zero-order valence-electron chi connectivity index (χ0n) is 8.45. The number of ketones is 1. The van der Waals surface area contributed by atoms with Gasteiger partial charge in [0.1, 0.15) is 6.10 Å². The lowest BCUT2D eigenvalue weighted by molar-refractivity contribution is 0.0608. The number of aliphatic hydroxyl groups is 1. The fourth-order valence-electron chi connectivity index (χ4n) is 2.16. The lowest BCUT2D eigenvalue weighted by atomic mass is 9.80. The Hall–Kier alpha value is -1.15. The van der Waals surface area contributed by atoms with Crippen LogP contribution >= 0.6 is 0 Å². The molecule has 0 amide bonds. The molecule has 0 radical (unpaired) electrons. The smallest absolute Gasteiger partial charge is 0.192 e. The van der Waals surface area contributed by atoms with Crippen LogP contribution < -0.4 is 0 Å². The Morgan fingerprint density at radius 2 is 2.07 bits per heavy atom. The zero-order chi connectivity index (χ0) is 10.3. The van der Waals surface area contributed by atoms with E-state index in [0.29, 0.717) is 5.56 Å². The van der Waals surface area contributed by atoms with Crippen LogP contribution in [-0.4, -0.2) is 17.0 Å². The number of rotatable bonds is 1. The minimum absolute atomic E-state index is 0.134. The Morgan fingerprint density at radius 3 is 2.71 bits per heavy atom. The normalized spacial score (nSPS) is 30.5. The summed E-state index contributed by atoms with van der Waals surface area (Å²) >= 11 is 0. The van der Waals surface area contributed by atoms with Crippen molar-refractivity contribution in [1.29, 1.82) is 0 Å². The molecule has 1 aliphatic carbocycles. The highest BCUT2D eigenvalue weighted by molar-refractivity contribution is 6.05. The van der Waals surface area contributed by atoms with Crippen LogP contribution in [0.25, 0.3) is 0 Å². The van der Waals surface area contributed by atoms with Crippen molar-refractivity contribution >= 4 is 5.78 Å². The molecule has 0 heterocycles. The predicted octanol–water partition coefficient (Wildman–Crippen LogP) is 1.91. The molecule has 2 rings (SSSR count). The summed E-state index contributed by atoms with van der Waals surface area (Å²) in [7, 11) is 0. The van der Waals surface area contributed by atoms with Gasteiger partial charge in [-0.1, -0.05) is 38.1 Å². The predicted molar refractivity (Wildman–Crippen MR) is 54.4 cm³/mol. The quantitative estimate of drug-likeness (QED) is 0.734. The van der Waals surface area contributed by atoms with Crippen molar-refractivity contribution in [3.63, 3.8) is 0 Å². The number of carbonyl (C=O) groups is 1. The second kappa shape index (κ2) is 2.92. The molecule has 1 aliphatic rings. The van der Waals surface area contributed by atoms with E-state index in [1.165, 1.54) is 0 Å². The van der Waals surface area contributed by atoms with Crippen molar-refractivity contribution < 1.29 is 9.90 Å². The van der Waals surface area contributed by atoms with Crippen molar-refractivity contribution in [3.8, 4) is 0 Å². The van der Waals surface area contributed by atoms with Gasteiger partial charge in [0.15, 0.2) is 5.78 Å². The molecular weight excluding hydrogens is 176 g/mol. The molecule has 74 valence electrons. The van der Waals surface area contributed by atoms with Crippen molar-refractivity contribution in [2.75, 3.05) is 0 Å². The summed E-state index contributed by atoms with van der Waals surface area (Å²) in [6.07, 6.45) is -0.0957. The van der Waals surface area contributed by atoms with Crippen molar-refractivity contribution in [3.05, 3.63) is 35.4 Å². The standard InChI is InChI=1S/C12H14O2/c1-3-12(2)9-7-5-4-6-8(9)10(13)11(12)14/h4-7,11,14H,3H2,1-2H3. The van der Waals surface area contributed by atoms with Crippen LogP contribution in [0.1, 0.15) is 36.2 Å². The van der Waals surface area contributed by atoms with Crippen molar-refractivity contribution in [2.24, 2.45) is 0 Å². The Labute approximate surface area is 83.6 Å². The Morgan fingerprint density at radius 1 is 1.43 bits per heavy atom. The summed E-state index contributed by atoms with van der Waals surface area (Å²) in [4.78, 5) is 11.7. The first-order valence-electron chi connectivity index (χ1n) is 4.93. The van der Waals surface area contributed by atoms with E-state index in [9.17, 15) is 9.90 Å². The maximum atomic E-state index is 11.7. The molecule has 0 bridgehead atoms. The molecule has 2 nitrogen and oxygen atoms in total. The molecule has 0 aliphatic heterocycles. The number of hydrogen-bond donors (Lipinski definition) is 1. The summed E-state index contributed by atoms with van der Waals surface area (Å²) < 4.78 is 0. The molecule has 2 atom stereocenters. The highest BCUT2D eigenvalue weighted by Gasteiger charge is 2.46. The summed E-state index contributed by atoms with van der Waals surface area (Å²) in [6, 6.07) is 7.48. The average molecular weight is 190 g/mol. The molecule has 0 saturated heterocycles. The van der Waals surface area contributed by atoms with Crippen LogP contribution in [0.5, 0.6) is 0 Å². The maximum Gasteiger partial charge on any atom is 0.192 e. The first-order valence-corrected chi connectivity index (χ1v) is 4.93. The second-order valence-electron chi connectivity index (χ2n) is 4.08. The Bertz CT molecular complexity index is 384. The van der Waals surface area contributed by atoms with E-state index in [4.69, 9.17) is 0 Å². The van der Waals surface area contributed by atoms with Crippen molar-refractivity contribution in [2.45, 2.75) is 31.8 Å². The van der Waals surface area contributed by atoms with E-state index in [-0.39, 0.29) is 5.78 Å². The van der Waals surface area contributed by atoms with E-state index >= 15 is 0 Å². The molecule has 0 saturated carbocycles. The van der Waals surface area contributed by atoms with Gasteiger partial charge >= 0.3 is 0 Å². The largest absolute Gasteiger partial charge is 0.384 e. The fraction of sp³-hybridized carbons (Fsp3) is 0.417.